The van der Waals surface area contributed by atoms with Gasteiger partial charge in [0.1, 0.15) is 28.8 Å². The second-order valence-electron chi connectivity index (χ2n) is 12.0. The summed E-state index contributed by atoms with van der Waals surface area (Å²) < 4.78 is 99.3. The molecule has 0 aliphatic heterocycles. The van der Waals surface area contributed by atoms with Gasteiger partial charge in [-0.2, -0.15) is 13.2 Å². The van der Waals surface area contributed by atoms with Crippen LogP contribution in [0.3, 0.4) is 0 Å². The summed E-state index contributed by atoms with van der Waals surface area (Å²) in [5.41, 5.74) is 1.11. The monoisotopic (exact) mass is 686 g/mol. The number of rotatable bonds is 2. The number of benzene rings is 5. The molecule has 0 bridgehead atoms. The molecule has 4 nitrogen and oxygen atoms in total. The summed E-state index contributed by atoms with van der Waals surface area (Å²) in [5, 5.41) is 20.8. The Bertz CT molecular complexity index is 2660. The van der Waals surface area contributed by atoms with Gasteiger partial charge in [0, 0.05) is 16.0 Å². The van der Waals surface area contributed by atoms with Gasteiger partial charge in [0.15, 0.2) is 0 Å². The van der Waals surface area contributed by atoms with E-state index >= 15 is 0 Å². The minimum Gasteiger partial charge on any atom is -0.226 e. The van der Waals surface area contributed by atoms with E-state index in [4.69, 9.17) is 13.1 Å². The lowest BCUT2D eigenvalue weighted by Crippen LogP contribution is -2.25. The predicted octanol–water partition coefficient (Wildman–Crippen LogP) is 9.15. The number of nitrogens with zero attached hydrogens (tertiary/aromatic N) is 4. The van der Waals surface area contributed by atoms with Crippen molar-refractivity contribution >= 4 is 11.4 Å². The Balaban J connectivity index is 1.58. The molecule has 0 N–H and O–H groups in total. The number of nitriles is 2. The maximum Gasteiger partial charge on any atom is 0.422 e. The Morgan fingerprint density at radius 2 is 1.00 bits per heavy atom. The fourth-order valence-corrected chi connectivity index (χ4v) is 7.32. The maximum absolute atomic E-state index is 14.8. The van der Waals surface area contributed by atoms with Gasteiger partial charge in [-0.15, -0.1) is 0 Å². The first-order valence-corrected chi connectivity index (χ1v) is 15.1. The number of halogens is 7. The smallest absolute Gasteiger partial charge is 0.226 e. The zero-order valence-corrected chi connectivity index (χ0v) is 26.1. The van der Waals surface area contributed by atoms with Gasteiger partial charge in [0.25, 0.3) is 11.4 Å². The molecule has 0 unspecified atom stereocenters. The molecule has 0 fully saturated rings. The van der Waals surface area contributed by atoms with E-state index in [0.29, 0.717) is 62.2 Å². The van der Waals surface area contributed by atoms with Crippen LogP contribution in [0, 0.1) is 66.0 Å². The van der Waals surface area contributed by atoms with Gasteiger partial charge in [0.2, 0.25) is 0 Å². The van der Waals surface area contributed by atoms with Crippen LogP contribution in [0.25, 0.3) is 65.6 Å². The van der Waals surface area contributed by atoms with Crippen LogP contribution >= 0.6 is 0 Å². The lowest BCUT2D eigenvalue weighted by atomic mass is 9.90. The van der Waals surface area contributed by atoms with E-state index in [0.717, 1.165) is 0 Å². The number of hydrogen-bond acceptors (Lipinski definition) is 2. The zero-order chi connectivity index (χ0) is 36.5. The predicted molar refractivity (Wildman–Crippen MR) is 174 cm³/mol. The molecule has 2 aliphatic rings. The molecule has 0 atom stereocenters. The Kier molecular flexibility index (Phi) is 7.55. The fraction of sp³-hybridized carbons (Fsp3) is 0.100. The molecule has 2 aliphatic carbocycles. The van der Waals surface area contributed by atoms with Crippen LogP contribution in [0.5, 0.6) is 0 Å². The molecule has 0 saturated carbocycles. The standard InChI is InChI=1S/C40H17F7N4/c1-18-29(41)10-19(11-30(18)42)21-6-4-8-23-25(21)14-27-35(23)38(34(17-49)51-3)28-15-26-22(20-12-31(43)39(32(44)13-20)40(45,46)47)7-5-9-24(26)36(28)37(27)33(16-48)50-2/h4-13H,14-15H2,1H3/b37-33+,38-34-. The molecular formula is C40H17F7N4. The third kappa shape index (κ3) is 4.86. The first-order chi connectivity index (χ1) is 24.3. The molecular weight excluding hydrogens is 669 g/mol. The summed E-state index contributed by atoms with van der Waals surface area (Å²) in [6.07, 6.45) is -5.33. The number of fused-ring (bicyclic) bond motifs is 6. The lowest BCUT2D eigenvalue weighted by Gasteiger charge is -2.14. The number of hydrogen-bond donors (Lipinski definition) is 0. The van der Waals surface area contributed by atoms with E-state index in [1.165, 1.54) is 31.2 Å². The van der Waals surface area contributed by atoms with Crippen LogP contribution < -0.4 is 10.4 Å². The minimum atomic E-state index is -5.28. The summed E-state index contributed by atoms with van der Waals surface area (Å²) in [5.74, 6) is -5.15. The van der Waals surface area contributed by atoms with Gasteiger partial charge in [-0.25, -0.2) is 37.8 Å². The highest BCUT2D eigenvalue weighted by molar-refractivity contribution is 5.96. The third-order valence-corrected chi connectivity index (χ3v) is 9.44. The number of alkyl halides is 3. The van der Waals surface area contributed by atoms with Gasteiger partial charge >= 0.3 is 6.18 Å². The minimum absolute atomic E-state index is 0.0370. The van der Waals surface area contributed by atoms with Gasteiger partial charge in [0.05, 0.1) is 25.3 Å². The van der Waals surface area contributed by atoms with E-state index in [2.05, 4.69) is 9.69 Å². The van der Waals surface area contributed by atoms with Gasteiger partial charge < -0.3 is 0 Å². The first kappa shape index (κ1) is 32.8. The zero-order valence-electron chi connectivity index (χ0n) is 26.1. The van der Waals surface area contributed by atoms with Crippen molar-refractivity contribution in [2.24, 2.45) is 0 Å². The van der Waals surface area contributed by atoms with Gasteiger partial charge in [-0.3, -0.25) is 0 Å². The molecule has 246 valence electrons. The highest BCUT2D eigenvalue weighted by atomic mass is 19.4. The maximum atomic E-state index is 14.8. The normalized spacial score (nSPS) is 13.5. The van der Waals surface area contributed by atoms with Gasteiger partial charge in [-0.1, -0.05) is 36.4 Å². The quantitative estimate of drug-likeness (QED) is 0.135. The summed E-state index contributed by atoms with van der Waals surface area (Å²) in [4.78, 5) is 7.00. The molecule has 0 amide bonds. The van der Waals surface area contributed by atoms with Crippen LogP contribution in [0.4, 0.5) is 30.7 Å². The largest absolute Gasteiger partial charge is 0.422 e. The molecule has 51 heavy (non-hydrogen) atoms. The van der Waals surface area contributed by atoms with E-state index in [-0.39, 0.29) is 56.9 Å². The summed E-state index contributed by atoms with van der Waals surface area (Å²) in [7, 11) is 0. The van der Waals surface area contributed by atoms with E-state index < -0.39 is 35.0 Å². The highest BCUT2D eigenvalue weighted by Gasteiger charge is 2.39. The molecule has 0 spiro atoms. The average molecular weight is 687 g/mol. The Morgan fingerprint density at radius 1 is 0.627 bits per heavy atom. The molecule has 7 rings (SSSR count). The Hall–Kier alpha value is -6.69. The van der Waals surface area contributed by atoms with Crippen molar-refractivity contribution in [1.29, 1.82) is 10.5 Å². The fourth-order valence-electron chi connectivity index (χ4n) is 7.32. The Morgan fingerprint density at radius 3 is 1.35 bits per heavy atom. The molecule has 5 aromatic rings. The summed E-state index contributed by atoms with van der Waals surface area (Å²) >= 11 is 0. The highest BCUT2D eigenvalue weighted by Crippen LogP contribution is 2.46. The van der Waals surface area contributed by atoms with Crippen LogP contribution in [0.1, 0.15) is 33.4 Å². The molecule has 11 heteroatoms. The third-order valence-electron chi connectivity index (χ3n) is 9.44. The van der Waals surface area contributed by atoms with Crippen molar-refractivity contribution in [1.82, 2.24) is 0 Å². The van der Waals surface area contributed by atoms with Crippen molar-refractivity contribution in [2.45, 2.75) is 25.9 Å². The Labute approximate surface area is 285 Å². The van der Waals surface area contributed by atoms with Crippen molar-refractivity contribution < 1.29 is 30.7 Å². The SMILES string of the molecule is [C-]#[N+]/C(C#N)=c1/c2c(/c(=C(\C#N)[N+]#[C-])c3c1-c1cccc(-c4cc(F)c(C)c(F)c4)c1C3)-c1cccc(-c3cc(F)c(C(F)(F)F)c(F)c3)c1C2. The molecule has 5 aromatic carbocycles. The van der Waals surface area contributed by atoms with Crippen LogP contribution in [0.2, 0.25) is 0 Å². The van der Waals surface area contributed by atoms with Crippen LogP contribution in [-0.4, -0.2) is 0 Å². The molecule has 0 saturated heterocycles. The van der Waals surface area contributed by atoms with Crippen molar-refractivity contribution in [3.05, 3.63) is 151 Å². The van der Waals surface area contributed by atoms with Crippen LogP contribution in [-0.2, 0) is 19.0 Å². The molecule has 0 radical (unpaired) electrons. The van der Waals surface area contributed by atoms with E-state index in [1.807, 2.05) is 12.1 Å². The summed E-state index contributed by atoms with van der Waals surface area (Å²) in [6, 6.07) is 17.0. The van der Waals surface area contributed by atoms with Crippen molar-refractivity contribution in [2.75, 3.05) is 0 Å². The van der Waals surface area contributed by atoms with Crippen molar-refractivity contribution in [3.8, 4) is 56.6 Å². The van der Waals surface area contributed by atoms with Crippen LogP contribution in [0.15, 0.2) is 60.7 Å². The lowest BCUT2D eigenvalue weighted by molar-refractivity contribution is -0.142. The first-order valence-electron chi connectivity index (χ1n) is 15.1. The summed E-state index contributed by atoms with van der Waals surface area (Å²) in [6.45, 7) is 17.1. The average Bonchev–Trinajstić information content (AvgIpc) is 3.67. The van der Waals surface area contributed by atoms with E-state index in [9.17, 15) is 41.3 Å². The second-order valence-corrected chi connectivity index (χ2v) is 12.0. The second kappa shape index (κ2) is 11.7. The van der Waals surface area contributed by atoms with Gasteiger partial charge in [-0.05, 0) is 111 Å². The van der Waals surface area contributed by atoms with E-state index in [1.54, 1.807) is 24.3 Å². The topological polar surface area (TPSA) is 56.3 Å². The molecule has 0 heterocycles. The van der Waals surface area contributed by atoms with Crippen molar-refractivity contribution in [3.63, 3.8) is 0 Å². The molecule has 0 aromatic heterocycles.